The van der Waals surface area contributed by atoms with Crippen molar-refractivity contribution < 1.29 is 18.7 Å². The molecule has 0 atom stereocenters. The van der Waals surface area contributed by atoms with Crippen molar-refractivity contribution in [3.05, 3.63) is 34.7 Å². The molecule has 1 aromatic carbocycles. The maximum atomic E-state index is 13.1. The van der Waals surface area contributed by atoms with E-state index in [-0.39, 0.29) is 24.1 Å². The van der Waals surface area contributed by atoms with Gasteiger partial charge in [0, 0.05) is 13.1 Å². The highest BCUT2D eigenvalue weighted by atomic mass is 79.9. The molecule has 0 saturated heterocycles. The number of amides is 1. The molecule has 10 heteroatoms. The lowest BCUT2D eigenvalue weighted by atomic mass is 10.3. The number of halogens is 2. The fourth-order valence-corrected chi connectivity index (χ4v) is 3.94. The van der Waals surface area contributed by atoms with Crippen LogP contribution in [0.5, 0.6) is 11.5 Å². The van der Waals surface area contributed by atoms with Gasteiger partial charge in [0.25, 0.3) is 5.91 Å². The lowest BCUT2D eigenvalue weighted by molar-refractivity contribution is 0.0957. The molecule has 0 aliphatic heterocycles. The summed E-state index contributed by atoms with van der Waals surface area (Å²) in [6, 6.07) is 6.98. The highest BCUT2D eigenvalue weighted by Crippen LogP contribution is 2.40. The predicted octanol–water partition coefficient (Wildman–Crippen LogP) is 4.30. The molecule has 3 aromatic rings. The number of furan rings is 1. The minimum atomic E-state index is -0.250. The molecule has 0 aliphatic rings. The highest BCUT2D eigenvalue weighted by molar-refractivity contribution is 9.10. The first kappa shape index (κ1) is 22.5. The third kappa shape index (κ3) is 4.60. The molecule has 2 heterocycles. The fourth-order valence-electron chi connectivity index (χ4n) is 2.54. The Labute approximate surface area is 181 Å². The molecule has 2 aromatic heterocycles. The summed E-state index contributed by atoms with van der Waals surface area (Å²) in [5.41, 5.74) is 0.667. The number of thiazole rings is 1. The van der Waals surface area contributed by atoms with E-state index < -0.39 is 0 Å². The molecule has 0 aliphatic carbocycles. The predicted molar refractivity (Wildman–Crippen MR) is 117 cm³/mol. The molecule has 1 amide bonds. The summed E-state index contributed by atoms with van der Waals surface area (Å²) in [6.45, 7) is 1.15. The zero-order chi connectivity index (χ0) is 19.6. The van der Waals surface area contributed by atoms with E-state index in [9.17, 15) is 4.79 Å². The topological polar surface area (TPSA) is 68.0 Å². The van der Waals surface area contributed by atoms with E-state index in [1.165, 1.54) is 11.3 Å². The smallest absolute Gasteiger partial charge is 0.295 e. The number of aromatic nitrogens is 1. The van der Waals surface area contributed by atoms with Gasteiger partial charge >= 0.3 is 0 Å². The van der Waals surface area contributed by atoms with E-state index in [1.807, 2.05) is 25.1 Å². The van der Waals surface area contributed by atoms with Crippen LogP contribution in [-0.4, -0.2) is 57.2 Å². The summed E-state index contributed by atoms with van der Waals surface area (Å²) < 4.78 is 17.7. The van der Waals surface area contributed by atoms with Crippen LogP contribution in [0.4, 0.5) is 5.13 Å². The number of methoxy groups -OCH3 is 2. The number of benzene rings is 1. The van der Waals surface area contributed by atoms with Gasteiger partial charge in [0.05, 0.1) is 14.2 Å². The number of rotatable bonds is 7. The normalized spacial score (nSPS) is 10.8. The van der Waals surface area contributed by atoms with Crippen LogP contribution in [0.2, 0.25) is 0 Å². The van der Waals surface area contributed by atoms with Crippen LogP contribution in [0, 0.1) is 0 Å². The number of carbonyl (C=O) groups excluding carboxylic acids is 1. The van der Waals surface area contributed by atoms with Crippen LogP contribution in [0.3, 0.4) is 0 Å². The van der Waals surface area contributed by atoms with Crippen LogP contribution >= 0.6 is 39.7 Å². The molecule has 152 valence electrons. The molecule has 0 fully saturated rings. The summed E-state index contributed by atoms with van der Waals surface area (Å²) in [4.78, 5) is 21.4. The Morgan fingerprint density at radius 1 is 1.14 bits per heavy atom. The first-order valence-electron chi connectivity index (χ1n) is 8.18. The number of nitrogens with zero attached hydrogens (tertiary/aromatic N) is 3. The number of ether oxygens (including phenoxy) is 2. The van der Waals surface area contributed by atoms with Gasteiger partial charge in [-0.15, -0.1) is 12.4 Å². The van der Waals surface area contributed by atoms with E-state index in [2.05, 4.69) is 20.9 Å². The Morgan fingerprint density at radius 3 is 2.39 bits per heavy atom. The number of carbonyl (C=O) groups is 1. The van der Waals surface area contributed by atoms with Crippen molar-refractivity contribution in [1.82, 2.24) is 9.88 Å². The Bertz CT molecular complexity index is 919. The van der Waals surface area contributed by atoms with Gasteiger partial charge in [-0.3, -0.25) is 9.69 Å². The zero-order valence-corrected chi connectivity index (χ0v) is 19.1. The van der Waals surface area contributed by atoms with Crippen LogP contribution in [0.1, 0.15) is 10.6 Å². The lowest BCUT2D eigenvalue weighted by Gasteiger charge is -2.20. The monoisotopic (exact) mass is 489 g/mol. The maximum absolute atomic E-state index is 13.1. The van der Waals surface area contributed by atoms with Gasteiger partial charge in [-0.05, 0) is 54.3 Å². The van der Waals surface area contributed by atoms with Crippen molar-refractivity contribution >= 4 is 60.9 Å². The molecule has 3 rings (SSSR count). The van der Waals surface area contributed by atoms with Crippen LogP contribution in [0.15, 0.2) is 33.4 Å². The van der Waals surface area contributed by atoms with E-state index in [0.717, 1.165) is 4.70 Å². The van der Waals surface area contributed by atoms with Crippen molar-refractivity contribution in [2.75, 3.05) is 46.3 Å². The number of likely N-dealkylation sites (N-methyl/N-ethyl adjacent to an activating group) is 1. The van der Waals surface area contributed by atoms with Gasteiger partial charge in [0.1, 0.15) is 21.7 Å². The Morgan fingerprint density at radius 2 is 1.82 bits per heavy atom. The molecule has 7 nitrogen and oxygen atoms in total. The summed E-state index contributed by atoms with van der Waals surface area (Å²) in [5, 5.41) is 0.562. The molecule has 0 N–H and O–H groups in total. The average molecular weight is 491 g/mol. The number of hydrogen-bond donors (Lipinski definition) is 0. The van der Waals surface area contributed by atoms with Crippen molar-refractivity contribution in [3.63, 3.8) is 0 Å². The van der Waals surface area contributed by atoms with Gasteiger partial charge in [-0.1, -0.05) is 11.3 Å². The van der Waals surface area contributed by atoms with Crippen LogP contribution < -0.4 is 14.4 Å². The lowest BCUT2D eigenvalue weighted by Crippen LogP contribution is -2.36. The van der Waals surface area contributed by atoms with E-state index >= 15 is 0 Å². The van der Waals surface area contributed by atoms with Crippen molar-refractivity contribution in [2.24, 2.45) is 0 Å². The van der Waals surface area contributed by atoms with Gasteiger partial charge in [-0.25, -0.2) is 4.98 Å². The SMILES string of the molecule is COc1ccc(OC)c2sc(N(CCN(C)C)C(=O)c3ccc(Br)o3)nc12.Cl. The van der Waals surface area contributed by atoms with E-state index in [1.54, 1.807) is 37.3 Å². The number of anilines is 1. The molecule has 0 unspecified atom stereocenters. The van der Waals surface area contributed by atoms with Crippen LogP contribution in [0.25, 0.3) is 10.2 Å². The summed E-state index contributed by atoms with van der Waals surface area (Å²) >= 11 is 4.63. The largest absolute Gasteiger partial charge is 0.495 e. The molecule has 0 spiro atoms. The number of fused-ring (bicyclic) bond motifs is 1. The quantitative estimate of drug-likeness (QED) is 0.492. The number of hydrogen-bond acceptors (Lipinski definition) is 7. The van der Waals surface area contributed by atoms with Gasteiger partial charge in [0.2, 0.25) is 0 Å². The fraction of sp³-hybridized carbons (Fsp3) is 0.333. The molecular weight excluding hydrogens is 470 g/mol. The van der Waals surface area contributed by atoms with E-state index in [0.29, 0.717) is 39.9 Å². The molecule has 0 radical (unpaired) electrons. The average Bonchev–Trinajstić information content (AvgIpc) is 3.27. The zero-order valence-electron chi connectivity index (χ0n) is 15.9. The standard InChI is InChI=1S/C18H20BrN3O4S.ClH/c1-21(2)9-10-22(17(23)13-7-8-14(19)26-13)18-20-15-11(24-3)5-6-12(25-4)16(15)27-18;/h5-8H,9-10H2,1-4H3;1H. The Balaban J connectivity index is 0.00000280. The van der Waals surface area contributed by atoms with Gasteiger partial charge in [-0.2, -0.15) is 0 Å². The van der Waals surface area contributed by atoms with Crippen molar-refractivity contribution in [2.45, 2.75) is 0 Å². The first-order chi connectivity index (χ1) is 12.9. The Kier molecular flexibility index (Phi) is 7.70. The summed E-state index contributed by atoms with van der Waals surface area (Å²) in [6.07, 6.45) is 0. The second-order valence-corrected chi connectivity index (χ2v) is 7.77. The molecule has 0 saturated carbocycles. The van der Waals surface area contributed by atoms with Gasteiger partial charge < -0.3 is 18.8 Å². The van der Waals surface area contributed by atoms with Gasteiger partial charge in [0.15, 0.2) is 15.6 Å². The van der Waals surface area contributed by atoms with Crippen molar-refractivity contribution in [1.29, 1.82) is 0 Å². The summed E-state index contributed by atoms with van der Waals surface area (Å²) in [5.74, 6) is 1.32. The minimum Gasteiger partial charge on any atom is -0.495 e. The minimum absolute atomic E-state index is 0. The third-order valence-corrected chi connectivity index (χ3v) is 5.45. The maximum Gasteiger partial charge on any atom is 0.295 e. The first-order valence-corrected chi connectivity index (χ1v) is 9.79. The second-order valence-electron chi connectivity index (χ2n) is 6.01. The molecule has 0 bridgehead atoms. The molecular formula is C18H21BrClN3O4S. The second kappa shape index (κ2) is 9.60. The van der Waals surface area contributed by atoms with Crippen LogP contribution in [-0.2, 0) is 0 Å². The Hall–Kier alpha value is -1.81. The third-order valence-electron chi connectivity index (χ3n) is 3.93. The van der Waals surface area contributed by atoms with E-state index in [4.69, 9.17) is 13.9 Å². The van der Waals surface area contributed by atoms with Crippen molar-refractivity contribution in [3.8, 4) is 11.5 Å². The highest BCUT2D eigenvalue weighted by Gasteiger charge is 2.25. The summed E-state index contributed by atoms with van der Waals surface area (Å²) in [7, 11) is 7.11. The molecule has 28 heavy (non-hydrogen) atoms.